The third kappa shape index (κ3) is 5.41. The summed E-state index contributed by atoms with van der Waals surface area (Å²) < 4.78 is 6.50. The van der Waals surface area contributed by atoms with E-state index in [1.807, 2.05) is 42.5 Å². The SMILES string of the molecule is CC(C)c1ccccc1OC1CC2CCC(C1)N2C(=O)c1ccc(CSc2cccc(Cl)c2Cl)cc1. The Morgan fingerprint density at radius 2 is 1.67 bits per heavy atom. The third-order valence-corrected chi connectivity index (χ3v) is 9.33. The van der Waals surface area contributed by atoms with Gasteiger partial charge in [0.1, 0.15) is 11.9 Å². The van der Waals surface area contributed by atoms with Crippen molar-refractivity contribution >= 4 is 40.9 Å². The molecule has 6 heteroatoms. The van der Waals surface area contributed by atoms with Crippen molar-refractivity contribution in [1.82, 2.24) is 4.90 Å². The molecule has 0 saturated carbocycles. The minimum Gasteiger partial charge on any atom is -0.490 e. The first-order valence-electron chi connectivity index (χ1n) is 12.6. The predicted octanol–water partition coefficient (Wildman–Crippen LogP) is 8.62. The number of fused-ring (bicyclic) bond motifs is 2. The van der Waals surface area contributed by atoms with Crippen molar-refractivity contribution in [2.24, 2.45) is 0 Å². The summed E-state index contributed by atoms with van der Waals surface area (Å²) in [5.41, 5.74) is 3.15. The molecular formula is C30H31Cl2NO2S. The van der Waals surface area contributed by atoms with E-state index < -0.39 is 0 Å². The summed E-state index contributed by atoms with van der Waals surface area (Å²) in [7, 11) is 0. The summed E-state index contributed by atoms with van der Waals surface area (Å²) in [5.74, 6) is 2.31. The van der Waals surface area contributed by atoms with Gasteiger partial charge in [-0.3, -0.25) is 4.79 Å². The van der Waals surface area contributed by atoms with Gasteiger partial charge in [-0.2, -0.15) is 0 Å². The fourth-order valence-corrected chi connectivity index (χ4v) is 6.89. The normalized spacial score (nSPS) is 21.1. The van der Waals surface area contributed by atoms with Crippen LogP contribution in [0.5, 0.6) is 5.75 Å². The van der Waals surface area contributed by atoms with E-state index in [0.717, 1.165) is 53.2 Å². The van der Waals surface area contributed by atoms with Gasteiger partial charge in [-0.05, 0) is 60.2 Å². The molecule has 3 aromatic rings. The van der Waals surface area contributed by atoms with Crippen LogP contribution >= 0.6 is 35.0 Å². The van der Waals surface area contributed by atoms with Crippen LogP contribution in [-0.2, 0) is 5.75 Å². The van der Waals surface area contributed by atoms with Gasteiger partial charge in [0.2, 0.25) is 0 Å². The number of piperidine rings is 1. The molecule has 0 aliphatic carbocycles. The lowest BCUT2D eigenvalue weighted by atomic mass is 9.97. The molecule has 1 amide bonds. The number of rotatable bonds is 7. The topological polar surface area (TPSA) is 29.5 Å². The molecule has 2 atom stereocenters. The molecule has 2 heterocycles. The number of carbonyl (C=O) groups excluding carboxylic acids is 1. The number of thioether (sulfide) groups is 1. The fraction of sp³-hybridized carbons (Fsp3) is 0.367. The number of amides is 1. The molecule has 36 heavy (non-hydrogen) atoms. The largest absolute Gasteiger partial charge is 0.490 e. The summed E-state index contributed by atoms with van der Waals surface area (Å²) in [6, 6.07) is 22.5. The van der Waals surface area contributed by atoms with Crippen LogP contribution in [0.4, 0.5) is 0 Å². The Bertz CT molecular complexity index is 1220. The van der Waals surface area contributed by atoms with Gasteiger partial charge in [0, 0.05) is 41.1 Å². The smallest absolute Gasteiger partial charge is 0.254 e. The van der Waals surface area contributed by atoms with Crippen molar-refractivity contribution < 1.29 is 9.53 Å². The summed E-state index contributed by atoms with van der Waals surface area (Å²) in [4.78, 5) is 16.6. The van der Waals surface area contributed by atoms with Gasteiger partial charge in [-0.1, -0.05) is 73.4 Å². The summed E-state index contributed by atoms with van der Waals surface area (Å²) >= 11 is 14.1. The molecule has 0 spiro atoms. The molecule has 2 bridgehead atoms. The van der Waals surface area contributed by atoms with Crippen LogP contribution in [0, 0.1) is 0 Å². The highest BCUT2D eigenvalue weighted by Gasteiger charge is 2.44. The Kier molecular flexibility index (Phi) is 7.85. The van der Waals surface area contributed by atoms with Gasteiger partial charge in [0.25, 0.3) is 5.91 Å². The lowest BCUT2D eigenvalue weighted by Gasteiger charge is -2.39. The second kappa shape index (κ2) is 11.1. The fourth-order valence-electron chi connectivity index (χ4n) is 5.45. The van der Waals surface area contributed by atoms with Crippen LogP contribution in [-0.4, -0.2) is 29.0 Å². The van der Waals surface area contributed by atoms with Crippen molar-refractivity contribution in [1.29, 1.82) is 0 Å². The number of carbonyl (C=O) groups is 1. The van der Waals surface area contributed by atoms with Crippen molar-refractivity contribution in [3.63, 3.8) is 0 Å². The van der Waals surface area contributed by atoms with E-state index in [4.69, 9.17) is 27.9 Å². The summed E-state index contributed by atoms with van der Waals surface area (Å²) in [6.45, 7) is 4.40. The number of hydrogen-bond acceptors (Lipinski definition) is 3. The van der Waals surface area contributed by atoms with Crippen molar-refractivity contribution in [2.75, 3.05) is 0 Å². The lowest BCUT2D eigenvalue weighted by molar-refractivity contribution is 0.0356. The Labute approximate surface area is 228 Å². The van der Waals surface area contributed by atoms with Gasteiger partial charge in [-0.15, -0.1) is 11.8 Å². The maximum Gasteiger partial charge on any atom is 0.254 e. The van der Waals surface area contributed by atoms with Crippen LogP contribution in [0.15, 0.2) is 71.6 Å². The molecule has 5 rings (SSSR count). The second-order valence-corrected chi connectivity index (χ2v) is 11.8. The first-order chi connectivity index (χ1) is 17.4. The quantitative estimate of drug-likeness (QED) is 0.281. The zero-order chi connectivity index (χ0) is 25.2. The van der Waals surface area contributed by atoms with Gasteiger partial charge in [0.15, 0.2) is 0 Å². The molecule has 0 N–H and O–H groups in total. The van der Waals surface area contributed by atoms with Crippen LogP contribution in [0.25, 0.3) is 0 Å². The van der Waals surface area contributed by atoms with E-state index >= 15 is 0 Å². The van der Waals surface area contributed by atoms with E-state index in [2.05, 4.69) is 36.9 Å². The van der Waals surface area contributed by atoms with Gasteiger partial charge in [0.05, 0.1) is 10.0 Å². The monoisotopic (exact) mass is 539 g/mol. The highest BCUT2D eigenvalue weighted by atomic mass is 35.5. The van der Waals surface area contributed by atoms with Crippen molar-refractivity contribution in [3.8, 4) is 5.75 Å². The minimum absolute atomic E-state index is 0.139. The van der Waals surface area contributed by atoms with Crippen LogP contribution in [0.3, 0.4) is 0 Å². The molecule has 2 aliphatic heterocycles. The third-order valence-electron chi connectivity index (χ3n) is 7.27. The van der Waals surface area contributed by atoms with Crippen molar-refractivity contribution in [3.05, 3.63) is 93.5 Å². The van der Waals surface area contributed by atoms with Crippen molar-refractivity contribution in [2.45, 2.75) is 74.3 Å². The molecule has 2 aliphatic rings. The zero-order valence-electron chi connectivity index (χ0n) is 20.6. The average Bonchev–Trinajstić information content (AvgIpc) is 3.15. The highest BCUT2D eigenvalue weighted by Crippen LogP contribution is 2.39. The van der Waals surface area contributed by atoms with Gasteiger partial charge < -0.3 is 9.64 Å². The number of benzene rings is 3. The number of halogens is 2. The molecule has 0 radical (unpaired) electrons. The number of ether oxygens (including phenoxy) is 1. The second-order valence-electron chi connectivity index (χ2n) is 10.0. The molecule has 2 unspecified atom stereocenters. The molecular weight excluding hydrogens is 509 g/mol. The van der Waals surface area contributed by atoms with Crippen LogP contribution < -0.4 is 4.74 Å². The Morgan fingerprint density at radius 1 is 0.972 bits per heavy atom. The average molecular weight is 541 g/mol. The maximum absolute atomic E-state index is 13.5. The van der Waals surface area contributed by atoms with E-state index in [0.29, 0.717) is 16.0 Å². The lowest BCUT2D eigenvalue weighted by Crippen LogP contribution is -2.49. The molecule has 3 nitrogen and oxygen atoms in total. The first-order valence-corrected chi connectivity index (χ1v) is 14.4. The number of nitrogens with zero attached hydrogens (tertiary/aromatic N) is 1. The Morgan fingerprint density at radius 3 is 2.36 bits per heavy atom. The summed E-state index contributed by atoms with van der Waals surface area (Å²) in [6.07, 6.45) is 4.05. The van der Waals surface area contributed by atoms with Gasteiger partial charge >= 0.3 is 0 Å². The standard InChI is InChI=1S/C30H31Cl2NO2S/c1-19(2)25-6-3-4-8-27(25)35-24-16-22-14-15-23(17-24)33(22)30(34)21-12-10-20(11-13-21)18-36-28-9-5-7-26(31)29(28)32/h3-13,19,22-24H,14-18H2,1-2H3. The maximum atomic E-state index is 13.5. The van der Waals surface area contributed by atoms with Crippen LogP contribution in [0.2, 0.25) is 10.0 Å². The molecule has 3 aromatic carbocycles. The van der Waals surface area contributed by atoms with E-state index in [1.54, 1.807) is 17.8 Å². The minimum atomic E-state index is 0.139. The number of para-hydroxylation sites is 1. The van der Waals surface area contributed by atoms with Gasteiger partial charge in [-0.25, -0.2) is 0 Å². The van der Waals surface area contributed by atoms with Crippen LogP contribution in [0.1, 0.15) is 66.9 Å². The predicted molar refractivity (Wildman–Crippen MR) is 150 cm³/mol. The molecule has 188 valence electrons. The zero-order valence-corrected chi connectivity index (χ0v) is 23.0. The van der Waals surface area contributed by atoms with E-state index in [-0.39, 0.29) is 24.1 Å². The molecule has 2 saturated heterocycles. The van der Waals surface area contributed by atoms with E-state index in [1.165, 1.54) is 5.56 Å². The Hall–Kier alpha value is -2.14. The highest BCUT2D eigenvalue weighted by molar-refractivity contribution is 7.98. The summed E-state index contributed by atoms with van der Waals surface area (Å²) in [5, 5.41) is 1.15. The first kappa shape index (κ1) is 25.5. The molecule has 0 aromatic heterocycles. The molecule has 2 fully saturated rings. The van der Waals surface area contributed by atoms with E-state index in [9.17, 15) is 4.79 Å². The Balaban J connectivity index is 1.21. The number of hydrogen-bond donors (Lipinski definition) is 0.